The molecule has 1 aromatic rings. The molecule has 1 saturated heterocycles. The zero-order chi connectivity index (χ0) is 14.0. The number of likely N-dealkylation sites (tertiary alicyclic amines) is 1. The lowest BCUT2D eigenvalue weighted by atomic mass is 9.75. The van der Waals surface area contributed by atoms with Gasteiger partial charge in [-0.15, -0.1) is 0 Å². The van der Waals surface area contributed by atoms with Gasteiger partial charge in [0, 0.05) is 18.6 Å². The third-order valence-electron chi connectivity index (χ3n) is 5.64. The predicted octanol–water partition coefficient (Wildman–Crippen LogP) is 2.99. The van der Waals surface area contributed by atoms with Crippen LogP contribution in [0.25, 0.3) is 0 Å². The van der Waals surface area contributed by atoms with Crippen molar-refractivity contribution in [3.63, 3.8) is 0 Å². The number of nitrogens with zero attached hydrogens (tertiary/aromatic N) is 1. The lowest BCUT2D eigenvalue weighted by molar-refractivity contribution is 0.0359. The van der Waals surface area contributed by atoms with Crippen LogP contribution in [-0.2, 0) is 12.8 Å². The standard InChI is InChI=1S/C18H28N2/c1-2-15-6-5-11-20(13-15)18(14-19)10-9-16-7-3-4-8-17(16)12-18/h3-4,7-8,15H,2,5-6,9-14,19H2,1H3. The van der Waals surface area contributed by atoms with Crippen molar-refractivity contribution in [2.24, 2.45) is 11.7 Å². The van der Waals surface area contributed by atoms with Crippen LogP contribution in [0.4, 0.5) is 0 Å². The van der Waals surface area contributed by atoms with E-state index in [0.29, 0.717) is 0 Å². The predicted molar refractivity (Wildman–Crippen MR) is 84.8 cm³/mol. The molecule has 0 spiro atoms. The quantitative estimate of drug-likeness (QED) is 0.916. The van der Waals surface area contributed by atoms with Crippen LogP contribution in [0.1, 0.15) is 43.7 Å². The van der Waals surface area contributed by atoms with Gasteiger partial charge in [-0.1, -0.05) is 37.6 Å². The van der Waals surface area contributed by atoms with Crippen LogP contribution in [0.15, 0.2) is 24.3 Å². The lowest BCUT2D eigenvalue weighted by Crippen LogP contribution is -2.59. The van der Waals surface area contributed by atoms with E-state index < -0.39 is 0 Å². The minimum absolute atomic E-state index is 0.224. The van der Waals surface area contributed by atoms with Crippen LogP contribution in [0.2, 0.25) is 0 Å². The molecule has 2 atom stereocenters. The Hall–Kier alpha value is -0.860. The molecule has 110 valence electrons. The Morgan fingerprint density at radius 1 is 1.30 bits per heavy atom. The van der Waals surface area contributed by atoms with Crippen molar-refractivity contribution in [3.8, 4) is 0 Å². The third kappa shape index (κ3) is 2.51. The van der Waals surface area contributed by atoms with E-state index in [9.17, 15) is 0 Å². The molecule has 1 aliphatic carbocycles. The van der Waals surface area contributed by atoms with Crippen LogP contribution >= 0.6 is 0 Å². The summed E-state index contributed by atoms with van der Waals surface area (Å²) in [5.74, 6) is 0.879. The zero-order valence-electron chi connectivity index (χ0n) is 12.8. The van der Waals surface area contributed by atoms with Crippen molar-refractivity contribution in [1.29, 1.82) is 0 Å². The molecule has 1 aromatic carbocycles. The second-order valence-corrected chi connectivity index (χ2v) is 6.74. The Morgan fingerprint density at radius 3 is 2.85 bits per heavy atom. The monoisotopic (exact) mass is 272 g/mol. The van der Waals surface area contributed by atoms with Crippen molar-refractivity contribution in [3.05, 3.63) is 35.4 Å². The summed E-state index contributed by atoms with van der Waals surface area (Å²) in [6, 6.07) is 8.94. The van der Waals surface area contributed by atoms with Gasteiger partial charge in [-0.05, 0) is 55.7 Å². The van der Waals surface area contributed by atoms with Crippen molar-refractivity contribution < 1.29 is 0 Å². The summed E-state index contributed by atoms with van der Waals surface area (Å²) < 4.78 is 0. The molecule has 2 heteroatoms. The number of aryl methyl sites for hydroxylation is 1. The number of hydrogen-bond donors (Lipinski definition) is 1. The van der Waals surface area contributed by atoms with E-state index in [1.807, 2.05) is 0 Å². The molecule has 0 amide bonds. The highest BCUT2D eigenvalue weighted by molar-refractivity contribution is 5.32. The molecule has 2 N–H and O–H groups in total. The SMILES string of the molecule is CCC1CCCN(C2(CN)CCc3ccccc3C2)C1. The van der Waals surface area contributed by atoms with Crippen molar-refractivity contribution in [2.45, 2.75) is 51.0 Å². The number of piperidine rings is 1. The van der Waals surface area contributed by atoms with E-state index in [1.54, 1.807) is 5.56 Å². The summed E-state index contributed by atoms with van der Waals surface area (Å²) >= 11 is 0. The fraction of sp³-hybridized carbons (Fsp3) is 0.667. The second-order valence-electron chi connectivity index (χ2n) is 6.74. The molecule has 1 heterocycles. The summed E-state index contributed by atoms with van der Waals surface area (Å²) in [6.45, 7) is 5.64. The lowest BCUT2D eigenvalue weighted by Gasteiger charge is -2.49. The molecule has 1 aliphatic heterocycles. The minimum Gasteiger partial charge on any atom is -0.329 e. The molecular formula is C18H28N2. The van der Waals surface area contributed by atoms with Gasteiger partial charge in [0.15, 0.2) is 0 Å². The number of rotatable bonds is 3. The van der Waals surface area contributed by atoms with Crippen LogP contribution in [0.5, 0.6) is 0 Å². The fourth-order valence-electron chi connectivity index (χ4n) is 4.19. The summed E-state index contributed by atoms with van der Waals surface area (Å²) in [5.41, 5.74) is 9.57. The fourth-order valence-corrected chi connectivity index (χ4v) is 4.19. The van der Waals surface area contributed by atoms with Crippen molar-refractivity contribution >= 4 is 0 Å². The molecule has 0 aromatic heterocycles. The normalized spacial score (nSPS) is 31.0. The van der Waals surface area contributed by atoms with Crippen LogP contribution < -0.4 is 5.73 Å². The van der Waals surface area contributed by atoms with Gasteiger partial charge in [0.05, 0.1) is 0 Å². The van der Waals surface area contributed by atoms with Gasteiger partial charge in [0.2, 0.25) is 0 Å². The molecule has 0 bridgehead atoms. The van der Waals surface area contributed by atoms with Gasteiger partial charge in [-0.25, -0.2) is 0 Å². The summed E-state index contributed by atoms with van der Waals surface area (Å²) in [4.78, 5) is 2.74. The van der Waals surface area contributed by atoms with E-state index in [4.69, 9.17) is 5.73 Å². The molecule has 0 radical (unpaired) electrons. The Morgan fingerprint density at radius 2 is 2.10 bits per heavy atom. The smallest absolute Gasteiger partial charge is 0.0375 e. The first-order valence-electron chi connectivity index (χ1n) is 8.29. The van der Waals surface area contributed by atoms with Crippen LogP contribution in [0, 0.1) is 5.92 Å². The molecule has 2 aliphatic rings. The Kier molecular flexibility index (Phi) is 4.13. The zero-order valence-corrected chi connectivity index (χ0v) is 12.8. The third-order valence-corrected chi connectivity index (χ3v) is 5.64. The summed E-state index contributed by atoms with van der Waals surface area (Å²) in [6.07, 6.45) is 7.65. The van der Waals surface area contributed by atoms with Gasteiger partial charge in [0.1, 0.15) is 0 Å². The highest BCUT2D eigenvalue weighted by atomic mass is 15.2. The number of fused-ring (bicyclic) bond motifs is 1. The number of hydrogen-bond acceptors (Lipinski definition) is 2. The molecule has 20 heavy (non-hydrogen) atoms. The van der Waals surface area contributed by atoms with E-state index in [1.165, 1.54) is 50.8 Å². The molecule has 3 rings (SSSR count). The Bertz CT molecular complexity index is 456. The molecular weight excluding hydrogens is 244 g/mol. The van der Waals surface area contributed by atoms with Gasteiger partial charge < -0.3 is 5.73 Å². The maximum atomic E-state index is 6.27. The van der Waals surface area contributed by atoms with Gasteiger partial charge >= 0.3 is 0 Å². The van der Waals surface area contributed by atoms with E-state index in [0.717, 1.165) is 18.9 Å². The first-order chi connectivity index (χ1) is 9.77. The molecule has 2 unspecified atom stereocenters. The van der Waals surface area contributed by atoms with Crippen molar-refractivity contribution in [2.75, 3.05) is 19.6 Å². The Balaban J connectivity index is 1.82. The van der Waals surface area contributed by atoms with Crippen LogP contribution in [0.3, 0.4) is 0 Å². The second kappa shape index (κ2) is 5.87. The van der Waals surface area contributed by atoms with Gasteiger partial charge in [-0.2, -0.15) is 0 Å². The van der Waals surface area contributed by atoms with E-state index in [-0.39, 0.29) is 5.54 Å². The molecule has 0 saturated carbocycles. The number of nitrogens with two attached hydrogens (primary N) is 1. The summed E-state index contributed by atoms with van der Waals surface area (Å²) in [7, 11) is 0. The first kappa shape index (κ1) is 14.1. The van der Waals surface area contributed by atoms with Gasteiger partial charge in [0.25, 0.3) is 0 Å². The van der Waals surface area contributed by atoms with E-state index in [2.05, 4.69) is 36.1 Å². The highest BCUT2D eigenvalue weighted by Crippen LogP contribution is 2.35. The Labute approximate surface area is 123 Å². The number of benzene rings is 1. The topological polar surface area (TPSA) is 29.3 Å². The maximum Gasteiger partial charge on any atom is 0.0375 e. The largest absolute Gasteiger partial charge is 0.329 e. The average molecular weight is 272 g/mol. The highest BCUT2D eigenvalue weighted by Gasteiger charge is 2.40. The van der Waals surface area contributed by atoms with Gasteiger partial charge in [-0.3, -0.25) is 4.90 Å². The molecule has 1 fully saturated rings. The van der Waals surface area contributed by atoms with E-state index >= 15 is 0 Å². The first-order valence-corrected chi connectivity index (χ1v) is 8.29. The average Bonchev–Trinajstić information content (AvgIpc) is 2.54. The van der Waals surface area contributed by atoms with Crippen molar-refractivity contribution in [1.82, 2.24) is 4.90 Å². The minimum atomic E-state index is 0.224. The molecule has 2 nitrogen and oxygen atoms in total. The van der Waals surface area contributed by atoms with Crippen LogP contribution in [-0.4, -0.2) is 30.1 Å². The summed E-state index contributed by atoms with van der Waals surface area (Å²) in [5, 5.41) is 0. The maximum absolute atomic E-state index is 6.27.